The summed E-state index contributed by atoms with van der Waals surface area (Å²) in [6.07, 6.45) is 8.08. The van der Waals surface area contributed by atoms with Gasteiger partial charge in [-0.3, -0.25) is 4.79 Å². The van der Waals surface area contributed by atoms with E-state index in [-0.39, 0.29) is 11.8 Å². The van der Waals surface area contributed by atoms with Crippen LogP contribution in [0.15, 0.2) is 24.3 Å². The van der Waals surface area contributed by atoms with Gasteiger partial charge in [0.1, 0.15) is 0 Å². The lowest BCUT2D eigenvalue weighted by Crippen LogP contribution is -2.24. The van der Waals surface area contributed by atoms with Gasteiger partial charge in [-0.25, -0.2) is 0 Å². The minimum absolute atomic E-state index is 0.0674. The first-order valence-electron chi connectivity index (χ1n) is 6.10. The summed E-state index contributed by atoms with van der Waals surface area (Å²) in [7, 11) is 0. The maximum atomic E-state index is 11.8. The molecule has 2 nitrogen and oxygen atoms in total. The van der Waals surface area contributed by atoms with Crippen LogP contribution in [-0.2, 0) is 11.2 Å². The van der Waals surface area contributed by atoms with Gasteiger partial charge >= 0.3 is 0 Å². The number of hydrogen-bond acceptors (Lipinski definition) is 1. The smallest absolute Gasteiger partial charge is 0.228 e. The van der Waals surface area contributed by atoms with Crippen molar-refractivity contribution in [2.24, 2.45) is 5.92 Å². The van der Waals surface area contributed by atoms with Crippen LogP contribution in [0.3, 0.4) is 0 Å². The maximum absolute atomic E-state index is 11.8. The van der Waals surface area contributed by atoms with Crippen LogP contribution in [0, 0.1) is 18.3 Å². The lowest BCUT2D eigenvalue weighted by molar-refractivity contribution is -0.117. The van der Waals surface area contributed by atoms with Crippen molar-refractivity contribution in [2.45, 2.75) is 26.2 Å². The van der Waals surface area contributed by atoms with E-state index < -0.39 is 0 Å². The molecule has 0 aliphatic carbocycles. The van der Waals surface area contributed by atoms with Crippen LogP contribution in [0.25, 0.3) is 0 Å². The van der Waals surface area contributed by atoms with Crippen LogP contribution in [0.5, 0.6) is 0 Å². The van der Waals surface area contributed by atoms with Gasteiger partial charge in [-0.15, -0.1) is 12.3 Å². The van der Waals surface area contributed by atoms with Crippen molar-refractivity contribution in [3.63, 3.8) is 0 Å². The summed E-state index contributed by atoms with van der Waals surface area (Å²) in [6, 6.07) is 8.22. The van der Waals surface area contributed by atoms with Gasteiger partial charge in [0.05, 0.1) is 0 Å². The summed E-state index contributed by atoms with van der Waals surface area (Å²) < 4.78 is 0. The molecular formula is C15H17NO. The van der Waals surface area contributed by atoms with Gasteiger partial charge in [-0.2, -0.15) is 0 Å². The molecule has 0 aromatic heterocycles. The van der Waals surface area contributed by atoms with Crippen LogP contribution in [0.4, 0.5) is 5.69 Å². The van der Waals surface area contributed by atoms with Crippen LogP contribution in [0.1, 0.15) is 25.3 Å². The Kier molecular flexibility index (Phi) is 3.49. The Balaban J connectivity index is 2.13. The van der Waals surface area contributed by atoms with E-state index in [9.17, 15) is 4.79 Å². The zero-order chi connectivity index (χ0) is 12.3. The van der Waals surface area contributed by atoms with Crippen molar-refractivity contribution in [3.05, 3.63) is 29.8 Å². The highest BCUT2D eigenvalue weighted by atomic mass is 16.2. The molecule has 1 aliphatic rings. The Hall–Kier alpha value is -1.75. The Morgan fingerprint density at radius 2 is 2.12 bits per heavy atom. The van der Waals surface area contributed by atoms with E-state index in [0.29, 0.717) is 13.0 Å². The number of nitrogens with zero attached hydrogens (tertiary/aromatic N) is 1. The van der Waals surface area contributed by atoms with E-state index in [4.69, 9.17) is 6.42 Å². The lowest BCUT2D eigenvalue weighted by Gasteiger charge is -2.16. The molecule has 1 amide bonds. The first kappa shape index (κ1) is 11.7. The highest BCUT2D eigenvalue weighted by Gasteiger charge is 2.29. The fraction of sp³-hybridized carbons (Fsp3) is 0.400. The summed E-state index contributed by atoms with van der Waals surface area (Å²) in [6.45, 7) is 2.82. The molecule has 1 saturated heterocycles. The van der Waals surface area contributed by atoms with E-state index in [2.05, 4.69) is 25.0 Å². The van der Waals surface area contributed by atoms with Crippen molar-refractivity contribution in [2.75, 3.05) is 11.4 Å². The van der Waals surface area contributed by atoms with Crippen LogP contribution < -0.4 is 4.90 Å². The minimum Gasteiger partial charge on any atom is -0.311 e. The van der Waals surface area contributed by atoms with Gasteiger partial charge in [-0.1, -0.05) is 25.5 Å². The van der Waals surface area contributed by atoms with E-state index in [1.807, 2.05) is 12.1 Å². The fourth-order valence-electron chi connectivity index (χ4n) is 2.20. The largest absolute Gasteiger partial charge is 0.311 e. The van der Waals surface area contributed by atoms with Gasteiger partial charge in [0.2, 0.25) is 5.91 Å². The van der Waals surface area contributed by atoms with Crippen molar-refractivity contribution in [1.82, 2.24) is 0 Å². The zero-order valence-electron chi connectivity index (χ0n) is 10.1. The third kappa shape index (κ3) is 2.50. The molecule has 1 unspecified atom stereocenters. The highest BCUT2D eigenvalue weighted by Crippen LogP contribution is 2.25. The molecule has 88 valence electrons. The van der Waals surface area contributed by atoms with Crippen LogP contribution in [-0.4, -0.2) is 12.5 Å². The predicted molar refractivity (Wildman–Crippen MR) is 69.7 cm³/mol. The van der Waals surface area contributed by atoms with Gasteiger partial charge < -0.3 is 4.90 Å². The van der Waals surface area contributed by atoms with Crippen molar-refractivity contribution >= 4 is 11.6 Å². The van der Waals surface area contributed by atoms with Crippen molar-refractivity contribution in [1.29, 1.82) is 0 Å². The second-order valence-corrected chi connectivity index (χ2v) is 4.49. The number of aryl methyl sites for hydroxylation is 1. The molecule has 1 heterocycles. The molecule has 1 aromatic carbocycles. The van der Waals surface area contributed by atoms with Crippen molar-refractivity contribution in [3.8, 4) is 12.3 Å². The molecule has 0 spiro atoms. The molecule has 0 radical (unpaired) electrons. The molecule has 0 N–H and O–H groups in total. The molecule has 1 atom stereocenters. The van der Waals surface area contributed by atoms with E-state index in [0.717, 1.165) is 18.5 Å². The number of rotatable bonds is 3. The van der Waals surface area contributed by atoms with E-state index in [1.54, 1.807) is 4.90 Å². The molecule has 1 aromatic rings. The van der Waals surface area contributed by atoms with Gasteiger partial charge in [0, 0.05) is 24.6 Å². The molecular weight excluding hydrogens is 210 g/mol. The summed E-state index contributed by atoms with van der Waals surface area (Å²) >= 11 is 0. The Labute approximate surface area is 103 Å². The third-order valence-corrected chi connectivity index (χ3v) is 3.15. The molecule has 2 rings (SSSR count). The van der Waals surface area contributed by atoms with Crippen LogP contribution >= 0.6 is 0 Å². The number of hydrogen-bond donors (Lipinski definition) is 0. The summed E-state index contributed by atoms with van der Waals surface area (Å²) in [5.74, 6) is 2.87. The van der Waals surface area contributed by atoms with Crippen LogP contribution in [0.2, 0.25) is 0 Å². The second-order valence-electron chi connectivity index (χ2n) is 4.49. The summed E-state index contributed by atoms with van der Waals surface area (Å²) in [5, 5.41) is 0. The summed E-state index contributed by atoms with van der Waals surface area (Å²) in [5.41, 5.74) is 2.28. The molecule has 0 bridgehead atoms. The quantitative estimate of drug-likeness (QED) is 0.727. The molecule has 2 heteroatoms. The Bertz CT molecular complexity index is 441. The average molecular weight is 227 g/mol. The molecule has 17 heavy (non-hydrogen) atoms. The first-order valence-corrected chi connectivity index (χ1v) is 6.10. The molecule has 1 aliphatic heterocycles. The first-order chi connectivity index (χ1) is 8.24. The number of amides is 1. The van der Waals surface area contributed by atoms with Crippen molar-refractivity contribution < 1.29 is 4.79 Å². The highest BCUT2D eigenvalue weighted by molar-refractivity contribution is 5.96. The molecule has 0 saturated carbocycles. The van der Waals surface area contributed by atoms with Gasteiger partial charge in [0.25, 0.3) is 0 Å². The number of carbonyl (C=O) groups excluding carboxylic acids is 1. The predicted octanol–water partition coefficient (Wildman–Crippen LogP) is 2.63. The van der Waals surface area contributed by atoms with E-state index >= 15 is 0 Å². The standard InChI is InChI=1S/C15H17NO/c1-3-5-13-6-8-14(9-7-13)16-11-12(4-2)10-15(16)17/h2,6-9,12H,3,5,10-11H2,1H3. The number of terminal acetylenes is 1. The normalized spacial score (nSPS) is 19.4. The Morgan fingerprint density at radius 1 is 1.41 bits per heavy atom. The van der Waals surface area contributed by atoms with E-state index in [1.165, 1.54) is 5.56 Å². The molecule has 1 fully saturated rings. The maximum Gasteiger partial charge on any atom is 0.228 e. The summed E-state index contributed by atoms with van der Waals surface area (Å²) in [4.78, 5) is 13.6. The number of carbonyl (C=O) groups is 1. The zero-order valence-corrected chi connectivity index (χ0v) is 10.1. The minimum atomic E-state index is 0.0674. The lowest BCUT2D eigenvalue weighted by atomic mass is 10.1. The SMILES string of the molecule is C#CC1CC(=O)N(c2ccc(CCC)cc2)C1. The van der Waals surface area contributed by atoms with Gasteiger partial charge in [0.15, 0.2) is 0 Å². The van der Waals surface area contributed by atoms with Gasteiger partial charge in [-0.05, 0) is 24.1 Å². The topological polar surface area (TPSA) is 20.3 Å². The number of anilines is 1. The number of benzene rings is 1. The average Bonchev–Trinajstić information content (AvgIpc) is 2.72. The second kappa shape index (κ2) is 5.05. The third-order valence-electron chi connectivity index (χ3n) is 3.15. The fourth-order valence-corrected chi connectivity index (χ4v) is 2.20. The Morgan fingerprint density at radius 3 is 2.65 bits per heavy atom. The monoisotopic (exact) mass is 227 g/mol.